The summed E-state index contributed by atoms with van der Waals surface area (Å²) >= 11 is 7.05. The van der Waals surface area contributed by atoms with Crippen LogP contribution in [0.15, 0.2) is 57.5 Å². The van der Waals surface area contributed by atoms with E-state index in [0.717, 1.165) is 33.4 Å². The topological polar surface area (TPSA) is 242 Å². The first-order valence-electron chi connectivity index (χ1n) is 19.3. The zero-order valence-corrected chi connectivity index (χ0v) is 37.7. The van der Waals surface area contributed by atoms with Gasteiger partial charge in [-0.05, 0) is 110 Å². The maximum Gasteiger partial charge on any atom is 0.343 e. The fourth-order valence-electron chi connectivity index (χ4n) is 6.15. The molecule has 0 bridgehead atoms. The molecule has 2 aromatic carbocycles. The van der Waals surface area contributed by atoms with E-state index in [1.54, 1.807) is 12.1 Å². The van der Waals surface area contributed by atoms with Gasteiger partial charge in [0.25, 0.3) is 0 Å². The van der Waals surface area contributed by atoms with Crippen molar-refractivity contribution in [2.45, 2.75) is 77.9 Å². The molecule has 17 nitrogen and oxygen atoms in total. The molecular formula is C43H49Br2N3O14. The number of methoxy groups -OCH3 is 2. The molecule has 19 heteroatoms. The van der Waals surface area contributed by atoms with Gasteiger partial charge < -0.3 is 54.2 Å². The summed E-state index contributed by atoms with van der Waals surface area (Å²) in [6.07, 6.45) is -1.82. The smallest absolute Gasteiger partial charge is 0.343 e. The summed E-state index contributed by atoms with van der Waals surface area (Å²) in [5.41, 5.74) is 6.73. The number of aromatic nitrogens is 2. The van der Waals surface area contributed by atoms with Crippen LogP contribution in [0, 0.1) is 13.8 Å². The Bertz CT molecular complexity index is 2050. The molecule has 0 spiro atoms. The average molecular weight is 992 g/mol. The molecule has 0 aliphatic rings. The summed E-state index contributed by atoms with van der Waals surface area (Å²) < 4.78 is 34.2. The monoisotopic (exact) mass is 989 g/mol. The number of aliphatic carboxylic acids is 2. The van der Waals surface area contributed by atoms with Crippen molar-refractivity contribution < 1.29 is 68.0 Å². The van der Waals surface area contributed by atoms with E-state index in [0.29, 0.717) is 32.9 Å². The largest absolute Gasteiger partial charge is 0.481 e. The van der Waals surface area contributed by atoms with Crippen LogP contribution < -0.4 is 24.3 Å². The lowest BCUT2D eigenvalue weighted by molar-refractivity contribution is -0.143. The number of aliphatic hydroxyl groups is 2. The van der Waals surface area contributed by atoms with E-state index in [4.69, 9.17) is 38.6 Å². The molecule has 5 N–H and O–H groups in total. The number of hydrogen-bond donors (Lipinski definition) is 5. The van der Waals surface area contributed by atoms with E-state index in [-0.39, 0.29) is 69.3 Å². The Morgan fingerprint density at radius 1 is 0.661 bits per heavy atom. The number of nitrogens with zero attached hydrogens (tertiary/aromatic N) is 2. The molecule has 2 heterocycles. The lowest BCUT2D eigenvalue weighted by atomic mass is 9.92. The van der Waals surface area contributed by atoms with Gasteiger partial charge in [0, 0.05) is 24.2 Å². The van der Waals surface area contributed by atoms with E-state index in [9.17, 15) is 29.4 Å². The Morgan fingerprint density at radius 3 is 1.61 bits per heavy atom. The van der Waals surface area contributed by atoms with Crippen molar-refractivity contribution in [3.63, 3.8) is 0 Å². The number of aryl methyl sites for hydroxylation is 1. The highest BCUT2D eigenvalue weighted by molar-refractivity contribution is 9.10. The first-order chi connectivity index (χ1) is 29.6. The molecular weight excluding hydrogens is 942 g/mol. The first-order valence-corrected chi connectivity index (χ1v) is 20.9. The highest BCUT2D eigenvalue weighted by Crippen LogP contribution is 2.35. The highest BCUT2D eigenvalue weighted by atomic mass is 79.9. The standard InChI is InChI=1S/C43H49Br2N3O14/c1-24-27(20-59-42-34(44)14-26(8-5-11-30(49)16-36(51)52)40(47-42)61-22-38(55)57-3)9-6-12-32(24)33-13-7-10-28(25(33)2)21-60-43-35(45)15-29(18-46-19-31(50)17-37(53)54)41(48-43)62-23-39(56)58-4/h6-7,9-10,12-15,30-31,46,49-50H,5,8,11,16-23H2,1-4H3,(H,51,52)(H,53,54)/t30-,31+/m1/s1. The van der Waals surface area contributed by atoms with Gasteiger partial charge in [0.1, 0.15) is 13.2 Å². The molecule has 0 fully saturated rings. The number of ether oxygens (including phenoxy) is 6. The van der Waals surface area contributed by atoms with Crippen molar-refractivity contribution in [3.05, 3.63) is 90.9 Å². The molecule has 0 saturated heterocycles. The molecule has 4 rings (SSSR count). The minimum atomic E-state index is -1.13. The second-order valence-electron chi connectivity index (χ2n) is 14.0. The number of carbonyl (C=O) groups excluding carboxylic acids is 2. The lowest BCUT2D eigenvalue weighted by Crippen LogP contribution is -2.28. The second-order valence-corrected chi connectivity index (χ2v) is 15.7. The van der Waals surface area contributed by atoms with Crippen molar-refractivity contribution in [1.82, 2.24) is 15.3 Å². The molecule has 2 aromatic heterocycles. The van der Waals surface area contributed by atoms with Crippen LogP contribution in [-0.4, -0.2) is 100 Å². The van der Waals surface area contributed by atoms with Gasteiger partial charge in [-0.15, -0.1) is 0 Å². The zero-order chi connectivity index (χ0) is 45.3. The minimum Gasteiger partial charge on any atom is -0.481 e. The summed E-state index contributed by atoms with van der Waals surface area (Å²) in [5.74, 6) is -2.79. The third-order valence-electron chi connectivity index (χ3n) is 9.49. The third kappa shape index (κ3) is 14.9. The quantitative estimate of drug-likeness (QED) is 0.0505. The number of benzene rings is 2. The van der Waals surface area contributed by atoms with Gasteiger partial charge in [0.2, 0.25) is 23.5 Å². The Hall–Kier alpha value is -5.34. The maximum atomic E-state index is 11.9. The Balaban J connectivity index is 1.51. The molecule has 4 aromatic rings. The number of halogens is 2. The minimum absolute atomic E-state index is 0.00307. The second kappa shape index (κ2) is 24.3. The molecule has 62 heavy (non-hydrogen) atoms. The van der Waals surface area contributed by atoms with Gasteiger partial charge in [0.15, 0.2) is 13.2 Å². The van der Waals surface area contributed by atoms with E-state index in [1.165, 1.54) is 14.2 Å². The van der Waals surface area contributed by atoms with E-state index >= 15 is 0 Å². The van der Waals surface area contributed by atoms with Crippen LogP contribution in [-0.2, 0) is 54.8 Å². The Kier molecular flexibility index (Phi) is 19.4. The number of pyridine rings is 2. The van der Waals surface area contributed by atoms with E-state index in [1.807, 2.05) is 50.2 Å². The SMILES string of the molecule is COC(=O)COc1nc(OCc2cccc(-c3cccc(COc4nc(OCC(=O)OC)c(CNC[C@@H](O)CC(=O)O)cc4Br)c3C)c2C)c(Br)cc1CCC[C@@H](O)CC(=O)O. The van der Waals surface area contributed by atoms with Crippen LogP contribution in [0.3, 0.4) is 0 Å². The van der Waals surface area contributed by atoms with Crippen LogP contribution in [0.5, 0.6) is 23.5 Å². The molecule has 0 aliphatic heterocycles. The van der Waals surface area contributed by atoms with E-state index < -0.39 is 49.1 Å². The predicted molar refractivity (Wildman–Crippen MR) is 230 cm³/mol. The average Bonchev–Trinajstić information content (AvgIpc) is 3.22. The zero-order valence-electron chi connectivity index (χ0n) is 34.6. The Morgan fingerprint density at radius 2 is 1.13 bits per heavy atom. The van der Waals surface area contributed by atoms with Crippen molar-refractivity contribution >= 4 is 55.7 Å². The molecule has 2 atom stereocenters. The summed E-state index contributed by atoms with van der Waals surface area (Å²) in [4.78, 5) is 54.7. The van der Waals surface area contributed by atoms with Crippen LogP contribution >= 0.6 is 31.9 Å². The van der Waals surface area contributed by atoms with Crippen molar-refractivity contribution in [3.8, 4) is 34.6 Å². The number of carboxylic acids is 2. The number of hydrogen-bond acceptors (Lipinski definition) is 15. The lowest BCUT2D eigenvalue weighted by Gasteiger charge is -2.18. The van der Waals surface area contributed by atoms with Crippen LogP contribution in [0.1, 0.15) is 59.1 Å². The molecule has 0 aliphatic carbocycles. The summed E-state index contributed by atoms with van der Waals surface area (Å²) in [6, 6.07) is 15.2. The summed E-state index contributed by atoms with van der Waals surface area (Å²) in [6.45, 7) is 3.58. The number of esters is 2. The van der Waals surface area contributed by atoms with Crippen molar-refractivity contribution in [2.24, 2.45) is 0 Å². The fraction of sp³-hybridized carbons (Fsp3) is 0.395. The number of nitrogens with one attached hydrogen (secondary N) is 1. The van der Waals surface area contributed by atoms with Gasteiger partial charge >= 0.3 is 23.9 Å². The maximum absolute atomic E-state index is 11.9. The van der Waals surface area contributed by atoms with Gasteiger partial charge in [-0.2, -0.15) is 9.97 Å². The molecule has 0 radical (unpaired) electrons. The van der Waals surface area contributed by atoms with Gasteiger partial charge in [0.05, 0.1) is 48.2 Å². The molecule has 0 unspecified atom stereocenters. The van der Waals surface area contributed by atoms with E-state index in [2.05, 4.69) is 47.1 Å². The van der Waals surface area contributed by atoms with Gasteiger partial charge in [-0.3, -0.25) is 9.59 Å². The van der Waals surface area contributed by atoms with Crippen LogP contribution in [0.4, 0.5) is 0 Å². The number of aliphatic hydroxyl groups excluding tert-OH is 2. The van der Waals surface area contributed by atoms with Gasteiger partial charge in [-0.1, -0.05) is 36.4 Å². The van der Waals surface area contributed by atoms with Crippen LogP contribution in [0.25, 0.3) is 11.1 Å². The predicted octanol–water partition coefficient (Wildman–Crippen LogP) is 5.63. The normalized spacial score (nSPS) is 11.9. The van der Waals surface area contributed by atoms with Crippen molar-refractivity contribution in [2.75, 3.05) is 34.0 Å². The van der Waals surface area contributed by atoms with Gasteiger partial charge in [-0.25, -0.2) is 9.59 Å². The molecule has 0 saturated carbocycles. The van der Waals surface area contributed by atoms with Crippen LogP contribution in [0.2, 0.25) is 0 Å². The fourth-order valence-corrected chi connectivity index (χ4v) is 7.11. The van der Waals surface area contributed by atoms with Crippen molar-refractivity contribution in [1.29, 1.82) is 0 Å². The summed E-state index contributed by atoms with van der Waals surface area (Å²) in [7, 11) is 2.48. The molecule has 334 valence electrons. The summed E-state index contributed by atoms with van der Waals surface area (Å²) in [5, 5.41) is 40.8. The first kappa shape index (κ1) is 49.3. The Labute approximate surface area is 374 Å². The number of carbonyl (C=O) groups is 4. The molecule has 0 amide bonds. The number of rotatable bonds is 25. The highest BCUT2D eigenvalue weighted by Gasteiger charge is 2.20. The third-order valence-corrected chi connectivity index (χ3v) is 10.6. The number of carboxylic acid groups (broad SMARTS) is 2.